The van der Waals surface area contributed by atoms with E-state index < -0.39 is 24.5 Å². The molecule has 0 saturated heterocycles. The Morgan fingerprint density at radius 2 is 1.41 bits per heavy atom. The molecule has 3 rings (SSSR count). The van der Waals surface area contributed by atoms with Gasteiger partial charge in [0.25, 0.3) is 6.10 Å². The number of halogens is 6. The van der Waals surface area contributed by atoms with Gasteiger partial charge < -0.3 is 4.74 Å². The highest BCUT2D eigenvalue weighted by Gasteiger charge is 2.60. The molecule has 0 fully saturated rings. The molecule has 1 aromatic heterocycles. The summed E-state index contributed by atoms with van der Waals surface area (Å²) in [7, 11) is 0. The fraction of sp³-hybridized carbons (Fsp3) is 0.167. The SMILES string of the molecule is O=C(OC(C(F)(F)F)C(F)(F)F)n1cc2ccc(-c3ccccc3)cc2c1. The number of hydrogen-bond donors (Lipinski definition) is 0. The number of fused-ring (bicyclic) bond motifs is 1. The monoisotopic (exact) mass is 387 g/mol. The molecule has 0 aliphatic carbocycles. The van der Waals surface area contributed by atoms with Gasteiger partial charge >= 0.3 is 18.4 Å². The number of nitrogens with zero attached hydrogens (tertiary/aromatic N) is 1. The molecule has 27 heavy (non-hydrogen) atoms. The zero-order chi connectivity index (χ0) is 19.8. The van der Waals surface area contributed by atoms with Crippen LogP contribution in [0.2, 0.25) is 0 Å². The number of carbonyl (C=O) groups excluding carboxylic acids is 1. The van der Waals surface area contributed by atoms with Crippen LogP contribution >= 0.6 is 0 Å². The summed E-state index contributed by atoms with van der Waals surface area (Å²) in [6, 6.07) is 14.1. The molecule has 0 aliphatic rings. The first-order valence-electron chi connectivity index (χ1n) is 7.57. The standard InChI is InChI=1S/C18H11F6NO2/c19-17(20,21)15(18(22,23)24)27-16(26)25-9-13-7-6-12(8-14(13)10-25)11-4-2-1-3-5-11/h1-10,15H. The van der Waals surface area contributed by atoms with Crippen molar-refractivity contribution in [1.29, 1.82) is 0 Å². The maximum absolute atomic E-state index is 12.5. The maximum atomic E-state index is 12.5. The third-order valence-electron chi connectivity index (χ3n) is 3.77. The van der Waals surface area contributed by atoms with Crippen molar-refractivity contribution in [3.8, 4) is 11.1 Å². The fourth-order valence-corrected chi connectivity index (χ4v) is 2.54. The van der Waals surface area contributed by atoms with Crippen molar-refractivity contribution in [3.05, 3.63) is 60.9 Å². The van der Waals surface area contributed by atoms with E-state index in [-0.39, 0.29) is 0 Å². The Hall–Kier alpha value is -2.97. The Morgan fingerprint density at radius 3 is 2.00 bits per heavy atom. The largest absolute Gasteiger partial charge is 0.434 e. The minimum Gasteiger partial charge on any atom is -0.426 e. The van der Waals surface area contributed by atoms with Gasteiger partial charge in [0.15, 0.2) is 0 Å². The third-order valence-corrected chi connectivity index (χ3v) is 3.77. The van der Waals surface area contributed by atoms with Gasteiger partial charge in [-0.05, 0) is 17.2 Å². The van der Waals surface area contributed by atoms with Crippen molar-refractivity contribution in [3.63, 3.8) is 0 Å². The van der Waals surface area contributed by atoms with Crippen LogP contribution in [0, 0.1) is 0 Å². The first-order chi connectivity index (χ1) is 12.6. The summed E-state index contributed by atoms with van der Waals surface area (Å²) in [6.45, 7) is 0. The molecule has 0 saturated carbocycles. The number of hydrogen-bond acceptors (Lipinski definition) is 2. The molecule has 9 heteroatoms. The number of rotatable bonds is 2. The maximum Gasteiger partial charge on any atom is 0.434 e. The topological polar surface area (TPSA) is 31.2 Å². The van der Waals surface area contributed by atoms with Crippen molar-refractivity contribution in [2.24, 2.45) is 0 Å². The molecule has 0 amide bonds. The van der Waals surface area contributed by atoms with Crippen LogP contribution in [0.4, 0.5) is 31.1 Å². The van der Waals surface area contributed by atoms with E-state index >= 15 is 0 Å². The average Bonchev–Trinajstić information content (AvgIpc) is 3.01. The molecule has 0 bridgehead atoms. The molecule has 0 atom stereocenters. The highest BCUT2D eigenvalue weighted by molar-refractivity contribution is 5.90. The van der Waals surface area contributed by atoms with E-state index in [9.17, 15) is 31.1 Å². The normalized spacial score (nSPS) is 12.6. The molecule has 142 valence electrons. The first-order valence-corrected chi connectivity index (χ1v) is 7.57. The predicted molar refractivity (Wildman–Crippen MR) is 85.2 cm³/mol. The predicted octanol–water partition coefficient (Wildman–Crippen LogP) is 5.79. The van der Waals surface area contributed by atoms with Gasteiger partial charge in [-0.25, -0.2) is 4.79 Å². The Kier molecular flexibility index (Phi) is 4.63. The van der Waals surface area contributed by atoms with Gasteiger partial charge in [-0.1, -0.05) is 42.5 Å². The van der Waals surface area contributed by atoms with Crippen LogP contribution in [0.5, 0.6) is 0 Å². The van der Waals surface area contributed by atoms with Gasteiger partial charge in [0.2, 0.25) is 0 Å². The van der Waals surface area contributed by atoms with E-state index in [0.717, 1.165) is 23.5 Å². The highest BCUT2D eigenvalue weighted by Crippen LogP contribution is 2.36. The van der Waals surface area contributed by atoms with Crippen molar-refractivity contribution in [1.82, 2.24) is 4.57 Å². The molecule has 3 nitrogen and oxygen atoms in total. The summed E-state index contributed by atoms with van der Waals surface area (Å²) in [5.74, 6) is 0. The summed E-state index contributed by atoms with van der Waals surface area (Å²) in [5, 5.41) is 0.922. The summed E-state index contributed by atoms with van der Waals surface area (Å²) < 4.78 is 79.4. The molecule has 0 spiro atoms. The summed E-state index contributed by atoms with van der Waals surface area (Å²) in [5.41, 5.74) is 1.64. The van der Waals surface area contributed by atoms with E-state index in [1.165, 1.54) is 0 Å². The van der Waals surface area contributed by atoms with Crippen LogP contribution in [0.15, 0.2) is 60.9 Å². The second-order valence-corrected chi connectivity index (χ2v) is 5.72. The highest BCUT2D eigenvalue weighted by atomic mass is 19.4. The molecule has 3 aromatic rings. The fourth-order valence-electron chi connectivity index (χ4n) is 2.54. The molecule has 0 radical (unpaired) electrons. The molecular weight excluding hydrogens is 376 g/mol. The van der Waals surface area contributed by atoms with Gasteiger partial charge in [-0.3, -0.25) is 4.57 Å². The summed E-state index contributed by atoms with van der Waals surface area (Å²) >= 11 is 0. The quantitative estimate of drug-likeness (QED) is 0.522. The van der Waals surface area contributed by atoms with Gasteiger partial charge in [-0.2, -0.15) is 26.3 Å². The van der Waals surface area contributed by atoms with E-state index in [0.29, 0.717) is 15.3 Å². The van der Waals surface area contributed by atoms with Gasteiger partial charge in [0, 0.05) is 23.2 Å². The van der Waals surface area contributed by atoms with Crippen molar-refractivity contribution >= 4 is 16.9 Å². The van der Waals surface area contributed by atoms with Crippen molar-refractivity contribution < 1.29 is 35.9 Å². The Morgan fingerprint density at radius 1 is 0.815 bits per heavy atom. The van der Waals surface area contributed by atoms with E-state index in [1.807, 2.05) is 30.3 Å². The van der Waals surface area contributed by atoms with Crippen LogP contribution in [-0.2, 0) is 4.74 Å². The lowest BCUT2D eigenvalue weighted by molar-refractivity contribution is -0.306. The average molecular weight is 387 g/mol. The lowest BCUT2D eigenvalue weighted by Gasteiger charge is -2.22. The van der Waals surface area contributed by atoms with E-state index in [2.05, 4.69) is 4.74 Å². The zero-order valence-corrected chi connectivity index (χ0v) is 13.4. The second-order valence-electron chi connectivity index (χ2n) is 5.72. The Bertz CT molecular complexity index is 945. The number of aromatic nitrogens is 1. The number of alkyl halides is 6. The molecule has 2 aromatic carbocycles. The van der Waals surface area contributed by atoms with Crippen LogP contribution in [0.1, 0.15) is 0 Å². The van der Waals surface area contributed by atoms with Crippen LogP contribution in [-0.4, -0.2) is 29.1 Å². The van der Waals surface area contributed by atoms with Crippen LogP contribution < -0.4 is 0 Å². The lowest BCUT2D eigenvalue weighted by atomic mass is 10.0. The molecule has 0 aliphatic heterocycles. The van der Waals surface area contributed by atoms with Crippen LogP contribution in [0.3, 0.4) is 0 Å². The minimum atomic E-state index is -5.76. The van der Waals surface area contributed by atoms with Gasteiger partial charge in [-0.15, -0.1) is 0 Å². The minimum absolute atomic E-state index is 0.460. The number of carbonyl (C=O) groups is 1. The summed E-state index contributed by atoms with van der Waals surface area (Å²) in [4.78, 5) is 11.8. The Labute approximate surface area is 148 Å². The third kappa shape index (κ3) is 4.07. The van der Waals surface area contributed by atoms with Crippen molar-refractivity contribution in [2.75, 3.05) is 0 Å². The van der Waals surface area contributed by atoms with E-state index in [1.54, 1.807) is 18.2 Å². The van der Waals surface area contributed by atoms with Gasteiger partial charge in [0.1, 0.15) is 0 Å². The van der Waals surface area contributed by atoms with Crippen molar-refractivity contribution in [2.45, 2.75) is 18.5 Å². The van der Waals surface area contributed by atoms with E-state index in [4.69, 9.17) is 0 Å². The molecule has 1 heterocycles. The second kappa shape index (κ2) is 6.64. The molecular formula is C18H11F6NO2. The first kappa shape index (κ1) is 18.8. The Balaban J connectivity index is 1.89. The number of ether oxygens (including phenoxy) is 1. The van der Waals surface area contributed by atoms with Gasteiger partial charge in [0.05, 0.1) is 0 Å². The molecule has 0 N–H and O–H groups in total. The zero-order valence-electron chi connectivity index (χ0n) is 13.4. The molecule has 0 unspecified atom stereocenters. The number of benzene rings is 2. The van der Waals surface area contributed by atoms with Crippen LogP contribution in [0.25, 0.3) is 21.9 Å². The lowest BCUT2D eigenvalue weighted by Crippen LogP contribution is -2.46. The summed E-state index contributed by atoms with van der Waals surface area (Å²) in [6.07, 6.45) is -15.3. The smallest absolute Gasteiger partial charge is 0.426 e.